The van der Waals surface area contributed by atoms with Crippen molar-refractivity contribution in [2.24, 2.45) is 4.99 Å². The Bertz CT molecular complexity index is 794. The van der Waals surface area contributed by atoms with E-state index in [-0.39, 0.29) is 5.69 Å². The first-order valence-electron chi connectivity index (χ1n) is 8.06. The van der Waals surface area contributed by atoms with Gasteiger partial charge in [0.15, 0.2) is 10.9 Å². The molecular weight excluding hydrogens is 376 g/mol. The molecule has 0 amide bonds. The number of rotatable bonds is 5. The molecule has 26 heavy (non-hydrogen) atoms. The number of hydrogen-bond donors (Lipinski definition) is 0. The summed E-state index contributed by atoms with van der Waals surface area (Å²) in [4.78, 5) is 24.4. The van der Waals surface area contributed by atoms with Crippen LogP contribution in [0.25, 0.3) is 0 Å². The quantitative estimate of drug-likeness (QED) is 0.719. The number of halogens is 1. The second-order valence-corrected chi connectivity index (χ2v) is 7.20. The van der Waals surface area contributed by atoms with Gasteiger partial charge in [-0.2, -0.15) is 4.98 Å². The molecule has 138 valence electrons. The molecule has 7 nitrogen and oxygen atoms in total. The first-order valence-corrected chi connectivity index (χ1v) is 9.42. The van der Waals surface area contributed by atoms with Crippen LogP contribution in [-0.2, 0) is 11.3 Å². The van der Waals surface area contributed by atoms with E-state index >= 15 is 0 Å². The number of carbonyl (C=O) groups excluding carboxylic acids is 1. The Balaban J connectivity index is 1.77. The third-order valence-electron chi connectivity index (χ3n) is 3.71. The van der Waals surface area contributed by atoms with Crippen molar-refractivity contribution < 1.29 is 13.9 Å². The number of benzene rings is 1. The largest absolute Gasteiger partial charge is 0.464 e. The molecule has 0 unspecified atom stereocenters. The molecule has 1 aromatic carbocycles. The zero-order valence-corrected chi connectivity index (χ0v) is 16.1. The van der Waals surface area contributed by atoms with Gasteiger partial charge in [-0.3, -0.25) is 4.90 Å². The first-order chi connectivity index (χ1) is 12.6. The van der Waals surface area contributed by atoms with Crippen molar-refractivity contribution in [1.82, 2.24) is 9.88 Å². The molecule has 0 radical (unpaired) electrons. The highest BCUT2D eigenvalue weighted by atomic mass is 35.5. The summed E-state index contributed by atoms with van der Waals surface area (Å²) >= 11 is 7.66. The van der Waals surface area contributed by atoms with Crippen LogP contribution in [0.4, 0.5) is 6.01 Å². The number of thioether (sulfide) groups is 1. The van der Waals surface area contributed by atoms with Crippen molar-refractivity contribution >= 4 is 40.5 Å². The van der Waals surface area contributed by atoms with Crippen LogP contribution in [0, 0.1) is 0 Å². The number of ether oxygens (including phenoxy) is 1. The standard InChI is InChI=1S/C17H19ClN4O3S/c1-3-26-17-19-10-22(16-20-14(9-25-16)15(23)24-2)11-21(17)8-12-4-6-13(18)7-5-12/h4-7,9H,3,8,10-11H2,1-2H3. The van der Waals surface area contributed by atoms with E-state index in [1.54, 1.807) is 11.8 Å². The fraction of sp³-hybridized carbons (Fsp3) is 0.353. The number of methoxy groups -OCH3 is 1. The minimum absolute atomic E-state index is 0.143. The number of hydrogen-bond acceptors (Lipinski definition) is 8. The van der Waals surface area contributed by atoms with Crippen LogP contribution >= 0.6 is 23.4 Å². The summed E-state index contributed by atoms with van der Waals surface area (Å²) in [5.74, 6) is 0.405. The van der Waals surface area contributed by atoms with Crippen molar-refractivity contribution in [3.05, 3.63) is 46.8 Å². The normalized spacial score (nSPS) is 14.3. The fourth-order valence-electron chi connectivity index (χ4n) is 2.48. The molecule has 2 aromatic rings. The van der Waals surface area contributed by atoms with Gasteiger partial charge in [-0.1, -0.05) is 42.4 Å². The van der Waals surface area contributed by atoms with Gasteiger partial charge < -0.3 is 14.1 Å². The van der Waals surface area contributed by atoms with E-state index in [0.717, 1.165) is 16.5 Å². The number of aliphatic imine (C=N–C) groups is 1. The van der Waals surface area contributed by atoms with Crippen LogP contribution in [0.2, 0.25) is 5.02 Å². The van der Waals surface area contributed by atoms with Crippen LogP contribution in [0.1, 0.15) is 23.0 Å². The van der Waals surface area contributed by atoms with E-state index in [0.29, 0.717) is 30.9 Å². The van der Waals surface area contributed by atoms with Gasteiger partial charge in [0.2, 0.25) is 0 Å². The molecule has 0 bridgehead atoms. The van der Waals surface area contributed by atoms with Crippen molar-refractivity contribution in [3.8, 4) is 0 Å². The van der Waals surface area contributed by atoms with Crippen molar-refractivity contribution in [2.75, 3.05) is 31.1 Å². The minimum atomic E-state index is -0.527. The molecule has 2 heterocycles. The number of esters is 1. The van der Waals surface area contributed by atoms with Gasteiger partial charge in [0, 0.05) is 11.6 Å². The monoisotopic (exact) mass is 394 g/mol. The second kappa shape index (κ2) is 8.46. The summed E-state index contributed by atoms with van der Waals surface area (Å²) in [5, 5.41) is 1.68. The molecule has 3 rings (SSSR count). The van der Waals surface area contributed by atoms with E-state index in [4.69, 9.17) is 16.0 Å². The highest BCUT2D eigenvalue weighted by molar-refractivity contribution is 8.13. The van der Waals surface area contributed by atoms with Crippen LogP contribution in [-0.4, -0.2) is 47.2 Å². The zero-order valence-electron chi connectivity index (χ0n) is 14.5. The Hall–Kier alpha value is -2.19. The van der Waals surface area contributed by atoms with E-state index in [9.17, 15) is 4.79 Å². The summed E-state index contributed by atoms with van der Waals surface area (Å²) in [5.41, 5.74) is 1.27. The molecule has 0 saturated carbocycles. The zero-order chi connectivity index (χ0) is 18.5. The lowest BCUT2D eigenvalue weighted by Gasteiger charge is -2.35. The van der Waals surface area contributed by atoms with Gasteiger partial charge in [0.1, 0.15) is 12.9 Å². The van der Waals surface area contributed by atoms with Gasteiger partial charge in [-0.05, 0) is 23.4 Å². The number of aromatic nitrogens is 1. The number of anilines is 1. The molecule has 0 spiro atoms. The molecule has 0 saturated heterocycles. The number of carbonyl (C=O) groups is 1. The third kappa shape index (κ3) is 4.31. The Morgan fingerprint density at radius 2 is 2.15 bits per heavy atom. The van der Waals surface area contributed by atoms with E-state index < -0.39 is 5.97 Å². The maximum absolute atomic E-state index is 11.6. The second-order valence-electron chi connectivity index (χ2n) is 5.53. The first kappa shape index (κ1) is 18.6. The predicted molar refractivity (Wildman–Crippen MR) is 103 cm³/mol. The summed E-state index contributed by atoms with van der Waals surface area (Å²) in [7, 11) is 1.31. The molecular formula is C17H19ClN4O3S. The van der Waals surface area contributed by atoms with Gasteiger partial charge in [-0.15, -0.1) is 0 Å². The van der Waals surface area contributed by atoms with Gasteiger partial charge in [0.25, 0.3) is 0 Å². The molecule has 1 aliphatic rings. The smallest absolute Gasteiger partial charge is 0.360 e. The molecule has 1 aromatic heterocycles. The van der Waals surface area contributed by atoms with Gasteiger partial charge >= 0.3 is 12.0 Å². The molecule has 0 aliphatic carbocycles. The van der Waals surface area contributed by atoms with Crippen molar-refractivity contribution in [3.63, 3.8) is 0 Å². The Morgan fingerprint density at radius 3 is 2.85 bits per heavy atom. The predicted octanol–water partition coefficient (Wildman–Crippen LogP) is 3.46. The molecule has 0 atom stereocenters. The SMILES string of the molecule is CCSC1=NCN(c2nc(C(=O)OC)co2)CN1Cc1ccc(Cl)cc1. The molecule has 0 N–H and O–H groups in total. The lowest BCUT2D eigenvalue weighted by atomic mass is 10.2. The number of oxazole rings is 1. The van der Waals surface area contributed by atoms with Crippen molar-refractivity contribution in [1.29, 1.82) is 0 Å². The van der Waals surface area contributed by atoms with Gasteiger partial charge in [0.05, 0.1) is 13.8 Å². The number of nitrogens with zero attached hydrogens (tertiary/aromatic N) is 4. The van der Waals surface area contributed by atoms with Crippen LogP contribution in [0.3, 0.4) is 0 Å². The lowest BCUT2D eigenvalue weighted by molar-refractivity contribution is 0.0594. The Kier molecular flexibility index (Phi) is 6.05. The van der Waals surface area contributed by atoms with Crippen molar-refractivity contribution in [2.45, 2.75) is 13.5 Å². The van der Waals surface area contributed by atoms with E-state index in [1.807, 2.05) is 29.2 Å². The highest BCUT2D eigenvalue weighted by Crippen LogP contribution is 2.23. The summed E-state index contributed by atoms with van der Waals surface area (Å²) in [6, 6.07) is 8.08. The maximum Gasteiger partial charge on any atom is 0.360 e. The third-order valence-corrected chi connectivity index (χ3v) is 4.89. The minimum Gasteiger partial charge on any atom is -0.464 e. The summed E-state index contributed by atoms with van der Waals surface area (Å²) in [6.07, 6.45) is 1.30. The average Bonchev–Trinajstić information content (AvgIpc) is 3.14. The van der Waals surface area contributed by atoms with E-state index in [2.05, 4.69) is 26.5 Å². The van der Waals surface area contributed by atoms with Gasteiger partial charge in [-0.25, -0.2) is 9.79 Å². The van der Waals surface area contributed by atoms with Crippen LogP contribution in [0.15, 0.2) is 39.9 Å². The summed E-state index contributed by atoms with van der Waals surface area (Å²) in [6.45, 7) is 3.75. The van der Waals surface area contributed by atoms with Crippen LogP contribution < -0.4 is 4.90 Å². The maximum atomic E-state index is 11.6. The Labute approximate surface area is 161 Å². The molecule has 9 heteroatoms. The summed E-state index contributed by atoms with van der Waals surface area (Å²) < 4.78 is 10.1. The fourth-order valence-corrected chi connectivity index (χ4v) is 3.32. The topological polar surface area (TPSA) is 71.2 Å². The average molecular weight is 395 g/mol. The van der Waals surface area contributed by atoms with E-state index in [1.165, 1.54) is 13.4 Å². The Morgan fingerprint density at radius 1 is 1.38 bits per heavy atom. The lowest BCUT2D eigenvalue weighted by Crippen LogP contribution is -2.45. The number of amidine groups is 1. The highest BCUT2D eigenvalue weighted by Gasteiger charge is 2.25. The molecule has 0 fully saturated rings. The van der Waals surface area contributed by atoms with Crippen LogP contribution in [0.5, 0.6) is 0 Å². The molecule has 1 aliphatic heterocycles.